The maximum absolute atomic E-state index is 11.7. The molecule has 0 bridgehead atoms. The number of primary sulfonamides is 1. The van der Waals surface area contributed by atoms with Gasteiger partial charge in [-0.25, -0.2) is 13.6 Å². The van der Waals surface area contributed by atoms with Crippen LogP contribution in [0.5, 0.6) is 0 Å². The lowest BCUT2D eigenvalue weighted by Gasteiger charge is -2.12. The molecule has 0 unspecified atom stereocenters. The van der Waals surface area contributed by atoms with E-state index in [-0.39, 0.29) is 10.3 Å². The van der Waals surface area contributed by atoms with Crippen LogP contribution in [-0.4, -0.2) is 23.2 Å². The van der Waals surface area contributed by atoms with Gasteiger partial charge in [0.1, 0.15) is 5.01 Å². The fraction of sp³-hybridized carbons (Fsp3) is 0.333. The van der Waals surface area contributed by atoms with Crippen molar-refractivity contribution in [2.45, 2.75) is 37.0 Å². The van der Waals surface area contributed by atoms with E-state index in [2.05, 4.69) is 23.2 Å². The summed E-state index contributed by atoms with van der Waals surface area (Å²) in [6.07, 6.45) is 2.23. The molecule has 6 nitrogen and oxygen atoms in total. The Morgan fingerprint density at radius 3 is 2.57 bits per heavy atom. The molecule has 2 aromatic heterocycles. The van der Waals surface area contributed by atoms with Crippen LogP contribution in [0.3, 0.4) is 0 Å². The predicted molar refractivity (Wildman–Crippen MR) is 89.4 cm³/mol. The quantitative estimate of drug-likeness (QED) is 0.787. The smallest absolute Gasteiger partial charge is 0.238 e. The first kappa shape index (κ1) is 14.8. The minimum atomic E-state index is -3.74. The number of sulfonamides is 1. The second-order valence-electron chi connectivity index (χ2n) is 6.29. The lowest BCUT2D eigenvalue weighted by molar-refractivity contribution is 0.598. The van der Waals surface area contributed by atoms with E-state index in [9.17, 15) is 8.42 Å². The molecule has 1 aliphatic rings. The van der Waals surface area contributed by atoms with Gasteiger partial charge in [0.15, 0.2) is 0 Å². The maximum atomic E-state index is 11.7. The van der Waals surface area contributed by atoms with Crippen LogP contribution in [-0.2, 0) is 15.4 Å². The van der Waals surface area contributed by atoms with E-state index in [0.29, 0.717) is 0 Å². The molecule has 0 spiro atoms. The highest BCUT2D eigenvalue weighted by molar-refractivity contribution is 7.89. The number of nitrogens with zero attached hydrogens (tertiary/aromatic N) is 3. The number of rotatable bonds is 3. The Labute approximate surface area is 138 Å². The summed E-state index contributed by atoms with van der Waals surface area (Å²) < 4.78 is 25.4. The highest BCUT2D eigenvalue weighted by Gasteiger charge is 2.42. The molecule has 0 radical (unpaired) electrons. The fourth-order valence-corrected chi connectivity index (χ4v) is 4.08. The fourth-order valence-electron chi connectivity index (χ4n) is 2.83. The molecule has 2 heterocycles. The van der Waals surface area contributed by atoms with Gasteiger partial charge in [-0.3, -0.25) is 4.57 Å². The normalized spacial score (nSPS) is 16.8. The van der Waals surface area contributed by atoms with Gasteiger partial charge in [0, 0.05) is 16.5 Å². The Morgan fingerprint density at radius 1 is 1.26 bits per heavy atom. The Balaban J connectivity index is 2.06. The van der Waals surface area contributed by atoms with Crippen LogP contribution in [0.2, 0.25) is 0 Å². The molecule has 1 fully saturated rings. The summed E-state index contributed by atoms with van der Waals surface area (Å²) in [5.41, 5.74) is 2.06. The van der Waals surface area contributed by atoms with Crippen molar-refractivity contribution in [3.63, 3.8) is 0 Å². The molecule has 0 amide bonds. The Hall–Kier alpha value is -1.77. The molecule has 0 atom stereocenters. The summed E-state index contributed by atoms with van der Waals surface area (Å²) in [7, 11) is -3.74. The van der Waals surface area contributed by atoms with Gasteiger partial charge in [0.25, 0.3) is 0 Å². The number of fused-ring (bicyclic) bond motifs is 1. The summed E-state index contributed by atoms with van der Waals surface area (Å²) >= 11 is 1.49. The monoisotopic (exact) mass is 348 g/mol. The van der Waals surface area contributed by atoms with E-state index < -0.39 is 10.0 Å². The highest BCUT2D eigenvalue weighted by atomic mass is 32.2. The Kier molecular flexibility index (Phi) is 2.97. The van der Waals surface area contributed by atoms with Crippen LogP contribution < -0.4 is 5.14 Å². The average Bonchev–Trinajstić information content (AvgIpc) is 2.93. The van der Waals surface area contributed by atoms with Crippen LogP contribution in [0.15, 0.2) is 29.2 Å². The molecule has 1 saturated carbocycles. The van der Waals surface area contributed by atoms with Crippen LogP contribution in [0.1, 0.15) is 30.5 Å². The van der Waals surface area contributed by atoms with Crippen molar-refractivity contribution in [1.29, 1.82) is 0 Å². The second-order valence-corrected chi connectivity index (χ2v) is 9.02. The third-order valence-electron chi connectivity index (χ3n) is 4.43. The van der Waals surface area contributed by atoms with E-state index in [1.54, 1.807) is 18.2 Å². The van der Waals surface area contributed by atoms with Crippen LogP contribution in [0.25, 0.3) is 16.0 Å². The summed E-state index contributed by atoms with van der Waals surface area (Å²) in [6, 6.07) is 7.09. The molecule has 23 heavy (non-hydrogen) atoms. The molecular formula is C15H16N4O2S2. The van der Waals surface area contributed by atoms with Gasteiger partial charge in [0.2, 0.25) is 15.2 Å². The average molecular weight is 348 g/mol. The topological polar surface area (TPSA) is 90.9 Å². The zero-order valence-corrected chi connectivity index (χ0v) is 14.4. The van der Waals surface area contributed by atoms with Crippen molar-refractivity contribution < 1.29 is 8.42 Å². The zero-order chi connectivity index (χ0) is 16.4. The largest absolute Gasteiger partial charge is 0.288 e. The number of nitrogens with two attached hydrogens (primary N) is 1. The Bertz CT molecular complexity index is 1030. The van der Waals surface area contributed by atoms with Crippen molar-refractivity contribution >= 4 is 32.3 Å². The van der Waals surface area contributed by atoms with Crippen LogP contribution in [0.4, 0.5) is 0 Å². The van der Waals surface area contributed by atoms with Gasteiger partial charge >= 0.3 is 0 Å². The van der Waals surface area contributed by atoms with Crippen molar-refractivity contribution in [2.75, 3.05) is 0 Å². The first-order valence-electron chi connectivity index (χ1n) is 7.27. The van der Waals surface area contributed by atoms with Gasteiger partial charge in [-0.15, -0.1) is 10.2 Å². The van der Waals surface area contributed by atoms with Gasteiger partial charge in [-0.2, -0.15) is 0 Å². The van der Waals surface area contributed by atoms with Crippen molar-refractivity contribution in [1.82, 2.24) is 14.8 Å². The first-order chi connectivity index (χ1) is 10.8. The minimum absolute atomic E-state index is 0.109. The predicted octanol–water partition coefficient (Wildman–Crippen LogP) is 2.49. The zero-order valence-electron chi connectivity index (χ0n) is 12.8. The number of benzene rings is 1. The first-order valence-corrected chi connectivity index (χ1v) is 9.63. The number of aryl methyl sites for hydroxylation is 1. The third kappa shape index (κ3) is 2.37. The molecule has 1 aliphatic carbocycles. The second kappa shape index (κ2) is 4.62. The third-order valence-corrected chi connectivity index (χ3v) is 6.16. The van der Waals surface area contributed by atoms with E-state index in [1.165, 1.54) is 11.3 Å². The van der Waals surface area contributed by atoms with Crippen LogP contribution in [0, 0.1) is 6.92 Å². The molecule has 8 heteroatoms. The van der Waals surface area contributed by atoms with Crippen molar-refractivity contribution in [2.24, 2.45) is 5.14 Å². The highest BCUT2D eigenvalue weighted by Crippen LogP contribution is 2.50. The lowest BCUT2D eigenvalue weighted by atomic mass is 10.1. The SMILES string of the molecule is Cc1nnc(-n2c(C3(C)CC3)cc3ccc(S(N)(=O)=O)cc32)s1. The molecule has 1 aromatic carbocycles. The molecule has 0 saturated heterocycles. The summed E-state index contributed by atoms with van der Waals surface area (Å²) in [4.78, 5) is 0.109. The van der Waals surface area contributed by atoms with Crippen LogP contribution >= 0.6 is 11.3 Å². The van der Waals surface area contributed by atoms with E-state index in [0.717, 1.165) is 39.6 Å². The standard InChI is InChI=1S/C15H16N4O2S2/c1-9-17-18-14(22-9)19-12-8-11(23(16,20)21)4-3-10(12)7-13(19)15(2)5-6-15/h3-4,7-8H,5-6H2,1-2H3,(H2,16,20,21). The van der Waals surface area contributed by atoms with Crippen molar-refractivity contribution in [3.8, 4) is 5.13 Å². The van der Waals surface area contributed by atoms with Gasteiger partial charge in [-0.1, -0.05) is 24.3 Å². The summed E-state index contributed by atoms with van der Waals surface area (Å²) in [5, 5.41) is 16.2. The van der Waals surface area contributed by atoms with Gasteiger partial charge in [-0.05, 0) is 38.0 Å². The van der Waals surface area contributed by atoms with Crippen molar-refractivity contribution in [3.05, 3.63) is 35.0 Å². The minimum Gasteiger partial charge on any atom is -0.288 e. The Morgan fingerprint density at radius 2 is 2.00 bits per heavy atom. The van der Waals surface area contributed by atoms with E-state index in [4.69, 9.17) is 5.14 Å². The van der Waals surface area contributed by atoms with Gasteiger partial charge < -0.3 is 0 Å². The van der Waals surface area contributed by atoms with E-state index >= 15 is 0 Å². The molecule has 3 aromatic rings. The molecule has 4 rings (SSSR count). The number of aromatic nitrogens is 3. The summed E-state index contributed by atoms with van der Waals surface area (Å²) in [6.45, 7) is 4.12. The molecule has 2 N–H and O–H groups in total. The lowest BCUT2D eigenvalue weighted by Crippen LogP contribution is -2.12. The van der Waals surface area contributed by atoms with Gasteiger partial charge in [0.05, 0.1) is 10.4 Å². The molecular weight excluding hydrogens is 332 g/mol. The number of hydrogen-bond acceptors (Lipinski definition) is 5. The molecule has 120 valence electrons. The maximum Gasteiger partial charge on any atom is 0.238 e. The van der Waals surface area contributed by atoms with E-state index in [1.807, 2.05) is 11.5 Å². The molecule has 0 aliphatic heterocycles. The summed E-state index contributed by atoms with van der Waals surface area (Å²) in [5.74, 6) is 0. The number of hydrogen-bond donors (Lipinski definition) is 1.